The van der Waals surface area contributed by atoms with Crippen LogP contribution in [0.2, 0.25) is 5.02 Å². The van der Waals surface area contributed by atoms with Gasteiger partial charge in [-0.3, -0.25) is 4.79 Å². The van der Waals surface area contributed by atoms with Crippen LogP contribution < -0.4 is 16.0 Å². The molecule has 3 N–H and O–H groups in total. The van der Waals surface area contributed by atoms with E-state index in [1.165, 1.54) is 0 Å². The Morgan fingerprint density at radius 3 is 2.67 bits per heavy atom. The van der Waals surface area contributed by atoms with E-state index in [9.17, 15) is 9.59 Å². The summed E-state index contributed by atoms with van der Waals surface area (Å²) in [4.78, 5) is 23.8. The summed E-state index contributed by atoms with van der Waals surface area (Å²) >= 11 is 5.84. The van der Waals surface area contributed by atoms with Crippen molar-refractivity contribution in [3.8, 4) is 0 Å². The van der Waals surface area contributed by atoms with Crippen LogP contribution in [0.1, 0.15) is 32.6 Å². The van der Waals surface area contributed by atoms with Gasteiger partial charge in [0.2, 0.25) is 5.91 Å². The number of hydrogen-bond acceptors (Lipinski definition) is 2. The first-order chi connectivity index (χ1) is 10.0. The lowest BCUT2D eigenvalue weighted by Crippen LogP contribution is -2.48. The van der Waals surface area contributed by atoms with Crippen molar-refractivity contribution in [3.63, 3.8) is 0 Å². The number of nitrogens with one attached hydrogen (secondary N) is 3. The van der Waals surface area contributed by atoms with Gasteiger partial charge in [-0.05, 0) is 38.0 Å². The Bertz CT molecular complexity index is 515. The van der Waals surface area contributed by atoms with Gasteiger partial charge in [0.1, 0.15) is 6.04 Å². The summed E-state index contributed by atoms with van der Waals surface area (Å²) in [5.41, 5.74) is 0.586. The zero-order valence-electron chi connectivity index (χ0n) is 12.0. The molecule has 2 rings (SSSR count). The van der Waals surface area contributed by atoms with E-state index in [4.69, 9.17) is 11.6 Å². The molecule has 1 fully saturated rings. The van der Waals surface area contributed by atoms with Crippen LogP contribution in [0, 0.1) is 0 Å². The Morgan fingerprint density at radius 2 is 2.00 bits per heavy atom. The van der Waals surface area contributed by atoms with Crippen LogP contribution >= 0.6 is 11.6 Å². The van der Waals surface area contributed by atoms with Crippen molar-refractivity contribution < 1.29 is 9.59 Å². The van der Waals surface area contributed by atoms with Crippen LogP contribution in [0.4, 0.5) is 10.5 Å². The molecule has 3 amide bonds. The Balaban J connectivity index is 1.79. The summed E-state index contributed by atoms with van der Waals surface area (Å²) in [5.74, 6) is -0.150. The molecule has 114 valence electrons. The highest BCUT2D eigenvalue weighted by Gasteiger charge is 2.21. The standard InChI is InChI=1S/C15H20ClN3O2/c1-10(14(20)18-12-6-2-3-7-12)17-15(21)19-13-8-4-5-11(16)9-13/h4-5,8-10,12H,2-3,6-7H2,1H3,(H,18,20)(H2,17,19,21). The molecule has 0 aliphatic heterocycles. The molecule has 1 aliphatic rings. The summed E-state index contributed by atoms with van der Waals surface area (Å²) in [7, 11) is 0. The fourth-order valence-electron chi connectivity index (χ4n) is 2.39. The lowest BCUT2D eigenvalue weighted by atomic mass is 10.2. The second-order valence-electron chi connectivity index (χ2n) is 5.32. The molecule has 1 atom stereocenters. The summed E-state index contributed by atoms with van der Waals surface area (Å²) in [6, 6.07) is 6.09. The first-order valence-corrected chi connectivity index (χ1v) is 7.56. The predicted octanol–water partition coefficient (Wildman–Crippen LogP) is 2.91. The molecule has 1 unspecified atom stereocenters. The SMILES string of the molecule is CC(NC(=O)Nc1cccc(Cl)c1)C(=O)NC1CCCC1. The van der Waals surface area contributed by atoms with Crippen LogP contribution in [0.3, 0.4) is 0 Å². The summed E-state index contributed by atoms with van der Waals surface area (Å²) in [6.07, 6.45) is 4.35. The molecule has 0 radical (unpaired) electrons. The predicted molar refractivity (Wildman–Crippen MR) is 83.5 cm³/mol. The fraction of sp³-hybridized carbons (Fsp3) is 0.467. The van der Waals surface area contributed by atoms with Crippen LogP contribution in [-0.4, -0.2) is 24.0 Å². The largest absolute Gasteiger partial charge is 0.352 e. The Hall–Kier alpha value is -1.75. The van der Waals surface area contributed by atoms with E-state index in [-0.39, 0.29) is 11.9 Å². The first-order valence-electron chi connectivity index (χ1n) is 7.18. The van der Waals surface area contributed by atoms with Crippen molar-refractivity contribution in [2.45, 2.75) is 44.7 Å². The number of benzene rings is 1. The molecule has 0 bridgehead atoms. The lowest BCUT2D eigenvalue weighted by molar-refractivity contribution is -0.123. The number of rotatable bonds is 4. The zero-order valence-corrected chi connectivity index (χ0v) is 12.7. The number of carbonyl (C=O) groups excluding carboxylic acids is 2. The van der Waals surface area contributed by atoms with Crippen molar-refractivity contribution >= 4 is 29.2 Å². The van der Waals surface area contributed by atoms with Crippen molar-refractivity contribution in [3.05, 3.63) is 29.3 Å². The molecule has 1 aromatic carbocycles. The molecule has 5 nitrogen and oxygen atoms in total. The summed E-state index contributed by atoms with van der Waals surface area (Å²) in [6.45, 7) is 1.67. The topological polar surface area (TPSA) is 70.2 Å². The van der Waals surface area contributed by atoms with E-state index in [0.29, 0.717) is 10.7 Å². The molecular formula is C15H20ClN3O2. The normalized spacial score (nSPS) is 16.3. The smallest absolute Gasteiger partial charge is 0.319 e. The van der Waals surface area contributed by atoms with Gasteiger partial charge < -0.3 is 16.0 Å². The van der Waals surface area contributed by atoms with E-state index in [1.54, 1.807) is 31.2 Å². The maximum Gasteiger partial charge on any atom is 0.319 e. The molecule has 1 saturated carbocycles. The highest BCUT2D eigenvalue weighted by molar-refractivity contribution is 6.30. The molecule has 6 heteroatoms. The highest BCUT2D eigenvalue weighted by atomic mass is 35.5. The molecule has 0 aromatic heterocycles. The van der Waals surface area contributed by atoms with Gasteiger partial charge in [0.05, 0.1) is 0 Å². The average molecular weight is 310 g/mol. The number of halogens is 1. The number of amides is 3. The van der Waals surface area contributed by atoms with Gasteiger partial charge in [0.25, 0.3) is 0 Å². The van der Waals surface area contributed by atoms with Crippen LogP contribution in [0.15, 0.2) is 24.3 Å². The van der Waals surface area contributed by atoms with E-state index in [0.717, 1.165) is 25.7 Å². The third-order valence-corrected chi connectivity index (χ3v) is 3.76. The van der Waals surface area contributed by atoms with E-state index >= 15 is 0 Å². The van der Waals surface area contributed by atoms with Crippen molar-refractivity contribution in [2.24, 2.45) is 0 Å². The van der Waals surface area contributed by atoms with Gasteiger partial charge in [-0.1, -0.05) is 30.5 Å². The maximum atomic E-state index is 12.0. The molecule has 0 spiro atoms. The van der Waals surface area contributed by atoms with Crippen molar-refractivity contribution in [1.82, 2.24) is 10.6 Å². The lowest BCUT2D eigenvalue weighted by Gasteiger charge is -2.18. The third kappa shape index (κ3) is 4.93. The minimum atomic E-state index is -0.579. The van der Waals surface area contributed by atoms with Crippen LogP contribution in [0.25, 0.3) is 0 Å². The second kappa shape index (κ2) is 7.31. The van der Waals surface area contributed by atoms with Gasteiger partial charge in [0, 0.05) is 16.8 Å². The zero-order chi connectivity index (χ0) is 15.2. The minimum absolute atomic E-state index is 0.150. The van der Waals surface area contributed by atoms with Crippen molar-refractivity contribution in [1.29, 1.82) is 0 Å². The quantitative estimate of drug-likeness (QED) is 0.800. The van der Waals surface area contributed by atoms with E-state index in [2.05, 4.69) is 16.0 Å². The van der Waals surface area contributed by atoms with Gasteiger partial charge in [-0.15, -0.1) is 0 Å². The summed E-state index contributed by atoms with van der Waals surface area (Å²) in [5, 5.41) is 8.76. The minimum Gasteiger partial charge on any atom is -0.352 e. The van der Waals surface area contributed by atoms with Gasteiger partial charge in [-0.25, -0.2) is 4.79 Å². The monoisotopic (exact) mass is 309 g/mol. The molecule has 0 heterocycles. The van der Waals surface area contributed by atoms with E-state index in [1.807, 2.05) is 0 Å². The van der Waals surface area contributed by atoms with Crippen LogP contribution in [0.5, 0.6) is 0 Å². The van der Waals surface area contributed by atoms with Crippen LogP contribution in [-0.2, 0) is 4.79 Å². The number of anilines is 1. The average Bonchev–Trinajstić information content (AvgIpc) is 2.91. The number of urea groups is 1. The molecule has 1 aliphatic carbocycles. The number of carbonyl (C=O) groups is 2. The Labute approximate surface area is 129 Å². The number of hydrogen-bond donors (Lipinski definition) is 3. The van der Waals surface area contributed by atoms with E-state index < -0.39 is 12.1 Å². The van der Waals surface area contributed by atoms with Gasteiger partial charge >= 0.3 is 6.03 Å². The molecular weight excluding hydrogens is 290 g/mol. The Kier molecular flexibility index (Phi) is 5.44. The fourth-order valence-corrected chi connectivity index (χ4v) is 2.58. The van der Waals surface area contributed by atoms with Gasteiger partial charge in [0.15, 0.2) is 0 Å². The summed E-state index contributed by atoms with van der Waals surface area (Å²) < 4.78 is 0. The van der Waals surface area contributed by atoms with Crippen molar-refractivity contribution in [2.75, 3.05) is 5.32 Å². The third-order valence-electron chi connectivity index (χ3n) is 3.52. The maximum absolute atomic E-state index is 12.0. The molecule has 21 heavy (non-hydrogen) atoms. The Morgan fingerprint density at radius 1 is 1.29 bits per heavy atom. The molecule has 0 saturated heterocycles. The molecule has 1 aromatic rings. The van der Waals surface area contributed by atoms with Gasteiger partial charge in [-0.2, -0.15) is 0 Å². The first kappa shape index (κ1) is 15.6. The second-order valence-corrected chi connectivity index (χ2v) is 5.76. The highest BCUT2D eigenvalue weighted by Crippen LogP contribution is 2.17.